The molecule has 1 aliphatic heterocycles. The Morgan fingerprint density at radius 3 is 2.34 bits per heavy atom. The number of aromatic nitrogens is 2. The summed E-state index contributed by atoms with van der Waals surface area (Å²) in [5, 5.41) is 11.6. The zero-order valence-corrected chi connectivity index (χ0v) is 18.1. The maximum atomic E-state index is 13.7. The highest BCUT2D eigenvalue weighted by molar-refractivity contribution is 5.94. The second-order valence-corrected chi connectivity index (χ2v) is 7.94. The Labute approximate surface area is 187 Å². The van der Waals surface area contributed by atoms with Crippen molar-refractivity contribution in [2.75, 3.05) is 23.3 Å². The van der Waals surface area contributed by atoms with Crippen LogP contribution in [0.4, 0.5) is 15.9 Å². The molecule has 1 atom stereocenters. The van der Waals surface area contributed by atoms with Crippen LogP contribution < -0.4 is 15.0 Å². The largest absolute Gasteiger partial charge is 0.478 e. The van der Waals surface area contributed by atoms with Crippen molar-refractivity contribution in [3.63, 3.8) is 0 Å². The lowest BCUT2D eigenvalue weighted by molar-refractivity contribution is -0.122. The molecule has 6 nitrogen and oxygen atoms in total. The fourth-order valence-corrected chi connectivity index (χ4v) is 3.70. The Morgan fingerprint density at radius 2 is 1.69 bits per heavy atom. The Kier molecular flexibility index (Phi) is 6.94. The van der Waals surface area contributed by atoms with E-state index >= 15 is 0 Å². The first-order valence-electron chi connectivity index (χ1n) is 11.0. The summed E-state index contributed by atoms with van der Waals surface area (Å²) in [6.45, 7) is 3.64. The molecule has 3 aromatic rings. The Hall–Kier alpha value is -3.48. The first kappa shape index (κ1) is 21.7. The molecule has 0 spiro atoms. The number of para-hydroxylation sites is 1. The summed E-state index contributed by atoms with van der Waals surface area (Å²) in [6, 6.07) is 17.4. The van der Waals surface area contributed by atoms with E-state index in [1.54, 1.807) is 31.2 Å². The minimum atomic E-state index is -0.844. The van der Waals surface area contributed by atoms with Crippen molar-refractivity contribution in [3.8, 4) is 17.0 Å². The van der Waals surface area contributed by atoms with E-state index in [1.165, 1.54) is 37.8 Å². The van der Waals surface area contributed by atoms with Gasteiger partial charge in [-0.25, -0.2) is 4.39 Å². The van der Waals surface area contributed by atoms with Crippen LogP contribution in [0.5, 0.6) is 5.75 Å². The molecule has 0 saturated carbocycles. The molecule has 4 rings (SSSR count). The Bertz CT molecular complexity index is 1030. The summed E-state index contributed by atoms with van der Waals surface area (Å²) < 4.78 is 19.2. The number of hydrogen-bond acceptors (Lipinski definition) is 5. The zero-order chi connectivity index (χ0) is 22.3. The van der Waals surface area contributed by atoms with Crippen molar-refractivity contribution in [1.29, 1.82) is 0 Å². The van der Waals surface area contributed by atoms with Gasteiger partial charge in [0.15, 0.2) is 23.5 Å². The van der Waals surface area contributed by atoms with Gasteiger partial charge in [0, 0.05) is 24.3 Å². The van der Waals surface area contributed by atoms with E-state index in [9.17, 15) is 9.18 Å². The Balaban J connectivity index is 1.36. The number of nitrogens with one attached hydrogen (secondary N) is 1. The van der Waals surface area contributed by atoms with Gasteiger partial charge in [0.05, 0.1) is 5.69 Å². The van der Waals surface area contributed by atoms with Gasteiger partial charge in [-0.05, 0) is 56.2 Å². The van der Waals surface area contributed by atoms with Crippen LogP contribution in [-0.2, 0) is 4.79 Å². The van der Waals surface area contributed by atoms with Gasteiger partial charge in [0.1, 0.15) is 0 Å². The maximum Gasteiger partial charge on any atom is 0.265 e. The smallest absolute Gasteiger partial charge is 0.265 e. The number of ether oxygens (including phenoxy) is 1. The lowest BCUT2D eigenvalue weighted by Crippen LogP contribution is -2.30. The molecule has 0 aliphatic carbocycles. The molecule has 1 amide bonds. The third-order valence-corrected chi connectivity index (χ3v) is 5.54. The molecule has 1 aliphatic rings. The van der Waals surface area contributed by atoms with Crippen molar-refractivity contribution in [3.05, 3.63) is 66.5 Å². The zero-order valence-electron chi connectivity index (χ0n) is 18.1. The van der Waals surface area contributed by atoms with Crippen molar-refractivity contribution in [2.24, 2.45) is 0 Å². The minimum Gasteiger partial charge on any atom is -0.478 e. The predicted molar refractivity (Wildman–Crippen MR) is 123 cm³/mol. The van der Waals surface area contributed by atoms with Crippen LogP contribution in [0.15, 0.2) is 60.7 Å². The molecule has 0 bridgehead atoms. The van der Waals surface area contributed by atoms with E-state index in [1.807, 2.05) is 24.3 Å². The van der Waals surface area contributed by atoms with Gasteiger partial charge in [0.25, 0.3) is 5.91 Å². The second-order valence-electron chi connectivity index (χ2n) is 7.94. The van der Waals surface area contributed by atoms with Crippen LogP contribution in [-0.4, -0.2) is 35.3 Å². The van der Waals surface area contributed by atoms with Crippen molar-refractivity contribution in [1.82, 2.24) is 10.2 Å². The average molecular weight is 435 g/mol. The average Bonchev–Trinajstić information content (AvgIpc) is 3.11. The summed E-state index contributed by atoms with van der Waals surface area (Å²) in [5.74, 6) is 0.109. The number of benzene rings is 2. The molecule has 1 saturated heterocycles. The first-order valence-corrected chi connectivity index (χ1v) is 11.0. The van der Waals surface area contributed by atoms with Crippen LogP contribution in [0.3, 0.4) is 0 Å². The van der Waals surface area contributed by atoms with Gasteiger partial charge in [-0.15, -0.1) is 10.2 Å². The van der Waals surface area contributed by atoms with Crippen molar-refractivity contribution >= 4 is 17.4 Å². The van der Waals surface area contributed by atoms with Gasteiger partial charge in [0.2, 0.25) is 0 Å². The number of nitrogens with zero attached hydrogens (tertiary/aromatic N) is 3. The molecular formula is C25H27FN4O2. The summed E-state index contributed by atoms with van der Waals surface area (Å²) in [6.07, 6.45) is 4.10. The van der Waals surface area contributed by atoms with E-state index in [0.717, 1.165) is 30.2 Å². The second kappa shape index (κ2) is 10.2. The number of hydrogen-bond donors (Lipinski definition) is 1. The van der Waals surface area contributed by atoms with E-state index in [4.69, 9.17) is 4.74 Å². The third-order valence-electron chi connectivity index (χ3n) is 5.54. The van der Waals surface area contributed by atoms with E-state index in [2.05, 4.69) is 20.4 Å². The predicted octanol–water partition coefficient (Wildman–Crippen LogP) is 5.07. The lowest BCUT2D eigenvalue weighted by atomic mass is 10.1. The molecule has 166 valence electrons. The summed E-state index contributed by atoms with van der Waals surface area (Å²) in [7, 11) is 0. The molecule has 2 heterocycles. The van der Waals surface area contributed by atoms with Gasteiger partial charge in [-0.2, -0.15) is 0 Å². The molecule has 32 heavy (non-hydrogen) atoms. The molecule has 0 radical (unpaired) electrons. The maximum absolute atomic E-state index is 13.7. The highest BCUT2D eigenvalue weighted by Gasteiger charge is 2.17. The molecule has 7 heteroatoms. The standard InChI is InChI=1S/C25H27FN4O2/c1-18(32-23-9-5-4-8-21(23)26)25(31)27-20-12-10-19(11-13-20)22-14-15-24(29-28-22)30-16-6-2-3-7-17-30/h4-5,8-15,18H,2-3,6-7,16-17H2,1H3,(H,27,31). The molecule has 1 unspecified atom stereocenters. The number of anilines is 2. The topological polar surface area (TPSA) is 67.3 Å². The highest BCUT2D eigenvalue weighted by atomic mass is 19.1. The fraction of sp³-hybridized carbons (Fsp3) is 0.320. The first-order chi connectivity index (χ1) is 15.6. The number of carbonyl (C=O) groups is 1. The van der Waals surface area contributed by atoms with Crippen LogP contribution in [0, 0.1) is 5.82 Å². The van der Waals surface area contributed by atoms with Crippen molar-refractivity contribution in [2.45, 2.75) is 38.7 Å². The summed E-state index contributed by atoms with van der Waals surface area (Å²) in [5.41, 5.74) is 2.31. The number of rotatable bonds is 6. The van der Waals surface area contributed by atoms with Gasteiger partial charge >= 0.3 is 0 Å². The van der Waals surface area contributed by atoms with E-state index < -0.39 is 11.9 Å². The molecule has 2 aromatic carbocycles. The summed E-state index contributed by atoms with van der Waals surface area (Å²) in [4.78, 5) is 14.7. The number of halogens is 1. The van der Waals surface area contributed by atoms with Crippen LogP contribution in [0.2, 0.25) is 0 Å². The lowest BCUT2D eigenvalue weighted by Gasteiger charge is -2.20. The molecular weight excluding hydrogens is 407 g/mol. The highest BCUT2D eigenvalue weighted by Crippen LogP contribution is 2.23. The normalized spacial score (nSPS) is 15.0. The molecule has 1 aromatic heterocycles. The van der Waals surface area contributed by atoms with E-state index in [-0.39, 0.29) is 11.7 Å². The van der Waals surface area contributed by atoms with Crippen LogP contribution >= 0.6 is 0 Å². The van der Waals surface area contributed by atoms with E-state index in [0.29, 0.717) is 5.69 Å². The number of carbonyl (C=O) groups excluding carboxylic acids is 1. The Morgan fingerprint density at radius 1 is 0.969 bits per heavy atom. The van der Waals surface area contributed by atoms with Gasteiger partial charge < -0.3 is 15.0 Å². The minimum absolute atomic E-state index is 0.0488. The van der Waals surface area contributed by atoms with Gasteiger partial charge in [-0.3, -0.25) is 4.79 Å². The quantitative estimate of drug-likeness (QED) is 0.587. The van der Waals surface area contributed by atoms with Crippen LogP contribution in [0.25, 0.3) is 11.3 Å². The summed E-state index contributed by atoms with van der Waals surface area (Å²) >= 11 is 0. The molecule has 1 N–H and O–H groups in total. The monoisotopic (exact) mass is 434 g/mol. The molecule has 1 fully saturated rings. The third kappa shape index (κ3) is 5.41. The van der Waals surface area contributed by atoms with Gasteiger partial charge in [-0.1, -0.05) is 37.1 Å². The SMILES string of the molecule is CC(Oc1ccccc1F)C(=O)Nc1ccc(-c2ccc(N3CCCCCC3)nn2)cc1. The van der Waals surface area contributed by atoms with Crippen LogP contribution in [0.1, 0.15) is 32.6 Å². The van der Waals surface area contributed by atoms with Crippen molar-refractivity contribution < 1.29 is 13.9 Å². The number of amides is 1. The fourth-order valence-electron chi connectivity index (χ4n) is 3.70.